The Morgan fingerprint density at radius 3 is 2.50 bits per heavy atom. The van der Waals surface area contributed by atoms with Gasteiger partial charge in [0.15, 0.2) is 0 Å². The summed E-state index contributed by atoms with van der Waals surface area (Å²) in [6.07, 6.45) is 1.67. The second kappa shape index (κ2) is 3.00. The summed E-state index contributed by atoms with van der Waals surface area (Å²) in [5.74, 6) is 0.489. The van der Waals surface area contributed by atoms with E-state index in [1.54, 1.807) is 0 Å². The molecule has 1 fully saturated rings. The lowest BCUT2D eigenvalue weighted by Crippen LogP contribution is -2.40. The summed E-state index contributed by atoms with van der Waals surface area (Å²) in [7, 11) is 0. The molecule has 0 radical (unpaired) electrons. The predicted octanol–water partition coefficient (Wildman–Crippen LogP) is 1.97. The Kier molecular flexibility index (Phi) is 2.36. The van der Waals surface area contributed by atoms with Crippen LogP contribution in [0.4, 0.5) is 0 Å². The fraction of sp³-hybridized carbons (Fsp3) is 0.800. The van der Waals surface area contributed by atoms with E-state index in [1.165, 1.54) is 0 Å². The Labute approximate surface area is 73.3 Å². The molecule has 0 N–H and O–H groups in total. The minimum atomic E-state index is -0.275. The summed E-state index contributed by atoms with van der Waals surface area (Å²) in [6, 6.07) is 0. The Bertz CT molecular complexity index is 216. The summed E-state index contributed by atoms with van der Waals surface area (Å²) < 4.78 is 0. The number of carbonyl (C=O) groups excluding carboxylic acids is 2. The van der Waals surface area contributed by atoms with Crippen molar-refractivity contribution in [3.8, 4) is 0 Å². The largest absolute Gasteiger partial charge is 0.299 e. The molecular weight excluding hydrogens is 152 g/mol. The minimum absolute atomic E-state index is 0.116. The highest BCUT2D eigenvalue weighted by Crippen LogP contribution is 2.38. The van der Waals surface area contributed by atoms with Crippen molar-refractivity contribution < 1.29 is 9.59 Å². The van der Waals surface area contributed by atoms with Crippen LogP contribution in [0.15, 0.2) is 0 Å². The zero-order valence-corrected chi connectivity index (χ0v) is 8.02. The summed E-state index contributed by atoms with van der Waals surface area (Å²) >= 11 is 0. The van der Waals surface area contributed by atoms with Crippen molar-refractivity contribution in [3.05, 3.63) is 0 Å². The molecule has 0 spiro atoms. The maximum atomic E-state index is 11.5. The molecule has 1 aliphatic carbocycles. The Morgan fingerprint density at radius 2 is 2.00 bits per heavy atom. The summed E-state index contributed by atoms with van der Waals surface area (Å²) in [5.41, 5.74) is -0.275. The fourth-order valence-electron chi connectivity index (χ4n) is 1.89. The van der Waals surface area contributed by atoms with Crippen molar-refractivity contribution in [1.29, 1.82) is 0 Å². The van der Waals surface area contributed by atoms with Gasteiger partial charge in [-0.05, 0) is 5.92 Å². The van der Waals surface area contributed by atoms with E-state index in [0.29, 0.717) is 6.42 Å². The summed E-state index contributed by atoms with van der Waals surface area (Å²) in [5, 5.41) is 0. The van der Waals surface area contributed by atoms with E-state index in [0.717, 1.165) is 6.42 Å². The van der Waals surface area contributed by atoms with Crippen LogP contribution in [0.25, 0.3) is 0 Å². The van der Waals surface area contributed by atoms with Crippen molar-refractivity contribution in [1.82, 2.24) is 0 Å². The minimum Gasteiger partial charge on any atom is -0.299 e. The van der Waals surface area contributed by atoms with Crippen molar-refractivity contribution in [2.24, 2.45) is 11.3 Å². The van der Waals surface area contributed by atoms with E-state index in [9.17, 15) is 9.59 Å². The first-order valence-corrected chi connectivity index (χ1v) is 4.53. The third-order valence-electron chi connectivity index (χ3n) is 3.06. The molecule has 2 heteroatoms. The summed E-state index contributed by atoms with van der Waals surface area (Å²) in [6.45, 7) is 5.95. The molecule has 0 aromatic carbocycles. The van der Waals surface area contributed by atoms with Gasteiger partial charge < -0.3 is 0 Å². The standard InChI is InChI=1S/C10H16O2/c1-4-7-5-8(11)6-9(12)10(7,2)3/h7H,4-6H2,1-3H3. The molecule has 12 heavy (non-hydrogen) atoms. The number of hydrogen-bond acceptors (Lipinski definition) is 2. The second-order valence-corrected chi connectivity index (χ2v) is 4.17. The maximum absolute atomic E-state index is 11.5. The van der Waals surface area contributed by atoms with Crippen LogP contribution in [0.1, 0.15) is 40.0 Å². The number of hydrogen-bond donors (Lipinski definition) is 0. The molecule has 0 aromatic rings. The monoisotopic (exact) mass is 168 g/mol. The lowest BCUT2D eigenvalue weighted by molar-refractivity contribution is -0.140. The zero-order chi connectivity index (χ0) is 9.35. The van der Waals surface area contributed by atoms with Crippen molar-refractivity contribution in [2.75, 3.05) is 0 Å². The average molecular weight is 168 g/mol. The molecule has 1 atom stereocenters. The molecule has 0 bridgehead atoms. The molecule has 1 unspecified atom stereocenters. The van der Waals surface area contributed by atoms with E-state index < -0.39 is 0 Å². The molecule has 2 nitrogen and oxygen atoms in total. The molecule has 68 valence electrons. The highest BCUT2D eigenvalue weighted by Gasteiger charge is 2.41. The van der Waals surface area contributed by atoms with Crippen LogP contribution in [0.5, 0.6) is 0 Å². The van der Waals surface area contributed by atoms with Crippen LogP contribution in [0.2, 0.25) is 0 Å². The van der Waals surface area contributed by atoms with Gasteiger partial charge in [-0.25, -0.2) is 0 Å². The fourth-order valence-corrected chi connectivity index (χ4v) is 1.89. The van der Waals surface area contributed by atoms with Gasteiger partial charge in [-0.2, -0.15) is 0 Å². The lowest BCUT2D eigenvalue weighted by atomic mass is 9.66. The molecule has 0 aliphatic heterocycles. The molecule has 1 rings (SSSR count). The van der Waals surface area contributed by atoms with Crippen LogP contribution in [0, 0.1) is 11.3 Å². The normalized spacial score (nSPS) is 29.1. The number of ketones is 2. The van der Waals surface area contributed by atoms with E-state index in [2.05, 4.69) is 0 Å². The van der Waals surface area contributed by atoms with Crippen LogP contribution in [0.3, 0.4) is 0 Å². The van der Waals surface area contributed by atoms with Crippen molar-refractivity contribution in [2.45, 2.75) is 40.0 Å². The zero-order valence-electron chi connectivity index (χ0n) is 8.02. The van der Waals surface area contributed by atoms with E-state index in [1.807, 2.05) is 20.8 Å². The quantitative estimate of drug-likeness (QED) is 0.561. The van der Waals surface area contributed by atoms with Crippen molar-refractivity contribution in [3.63, 3.8) is 0 Å². The van der Waals surface area contributed by atoms with Gasteiger partial charge in [0.05, 0.1) is 6.42 Å². The van der Waals surface area contributed by atoms with Gasteiger partial charge in [-0.1, -0.05) is 27.2 Å². The van der Waals surface area contributed by atoms with Crippen LogP contribution < -0.4 is 0 Å². The van der Waals surface area contributed by atoms with E-state index in [-0.39, 0.29) is 29.3 Å². The highest BCUT2D eigenvalue weighted by molar-refractivity contribution is 6.04. The first-order valence-electron chi connectivity index (χ1n) is 4.53. The van der Waals surface area contributed by atoms with Gasteiger partial charge in [0.2, 0.25) is 0 Å². The van der Waals surface area contributed by atoms with Crippen molar-refractivity contribution >= 4 is 11.6 Å². The summed E-state index contributed by atoms with van der Waals surface area (Å²) in [4.78, 5) is 22.6. The van der Waals surface area contributed by atoms with Gasteiger partial charge in [0, 0.05) is 11.8 Å². The molecule has 1 saturated carbocycles. The van der Waals surface area contributed by atoms with Gasteiger partial charge in [0.1, 0.15) is 11.6 Å². The first-order chi connectivity index (χ1) is 5.48. The topological polar surface area (TPSA) is 34.1 Å². The molecule has 1 aliphatic rings. The second-order valence-electron chi connectivity index (χ2n) is 4.17. The SMILES string of the molecule is CCC1CC(=O)CC(=O)C1(C)C. The smallest absolute Gasteiger partial charge is 0.146 e. The Morgan fingerprint density at radius 1 is 1.42 bits per heavy atom. The molecule has 0 aromatic heterocycles. The number of Topliss-reactive ketones (excluding diaryl/α,β-unsaturated/α-hetero) is 2. The van der Waals surface area contributed by atoms with Gasteiger partial charge in [0.25, 0.3) is 0 Å². The maximum Gasteiger partial charge on any atom is 0.146 e. The van der Waals surface area contributed by atoms with Crippen LogP contribution in [-0.2, 0) is 9.59 Å². The van der Waals surface area contributed by atoms with Crippen LogP contribution >= 0.6 is 0 Å². The third-order valence-corrected chi connectivity index (χ3v) is 3.06. The molecule has 0 heterocycles. The highest BCUT2D eigenvalue weighted by atomic mass is 16.2. The molecular formula is C10H16O2. The first kappa shape index (κ1) is 9.43. The van der Waals surface area contributed by atoms with Crippen LogP contribution in [-0.4, -0.2) is 11.6 Å². The number of rotatable bonds is 1. The van der Waals surface area contributed by atoms with E-state index in [4.69, 9.17) is 0 Å². The van der Waals surface area contributed by atoms with Gasteiger partial charge in [-0.15, -0.1) is 0 Å². The lowest BCUT2D eigenvalue weighted by Gasteiger charge is -2.35. The van der Waals surface area contributed by atoms with E-state index >= 15 is 0 Å². The van der Waals surface area contributed by atoms with Gasteiger partial charge in [-0.3, -0.25) is 9.59 Å². The molecule has 0 saturated heterocycles. The average Bonchev–Trinajstić information content (AvgIpc) is 1.97. The number of carbonyl (C=O) groups is 2. The Balaban J connectivity index is 2.85. The Hall–Kier alpha value is -0.660. The third kappa shape index (κ3) is 1.43. The predicted molar refractivity (Wildman–Crippen MR) is 46.8 cm³/mol. The molecule has 0 amide bonds. The van der Waals surface area contributed by atoms with Gasteiger partial charge >= 0.3 is 0 Å².